The second-order valence-electron chi connectivity index (χ2n) is 3.14. The van der Waals surface area contributed by atoms with Gasteiger partial charge in [0.2, 0.25) is 0 Å². The molecule has 0 heterocycles. The minimum Gasteiger partial charge on any atom is -0.378 e. The molecule has 3 heteroatoms. The summed E-state index contributed by atoms with van der Waals surface area (Å²) >= 11 is 0. The van der Waals surface area contributed by atoms with Crippen LogP contribution >= 0.6 is 0 Å². The molecule has 1 rings (SSSR count). The third-order valence-corrected chi connectivity index (χ3v) is 1.87. The Morgan fingerprint density at radius 2 is 1.86 bits per heavy atom. The van der Waals surface area contributed by atoms with Crippen molar-refractivity contribution in [2.24, 2.45) is 10.9 Å². The van der Waals surface area contributed by atoms with Crippen molar-refractivity contribution in [1.82, 2.24) is 0 Å². The van der Waals surface area contributed by atoms with E-state index in [9.17, 15) is 0 Å². The van der Waals surface area contributed by atoms with Crippen LogP contribution in [0.25, 0.3) is 6.08 Å². The highest BCUT2D eigenvalue weighted by Crippen LogP contribution is 2.12. The molecule has 1 aromatic carbocycles. The van der Waals surface area contributed by atoms with Crippen molar-refractivity contribution in [2.45, 2.75) is 0 Å². The zero-order valence-corrected chi connectivity index (χ0v) is 8.51. The van der Waals surface area contributed by atoms with E-state index >= 15 is 0 Å². The summed E-state index contributed by atoms with van der Waals surface area (Å²) in [4.78, 5) is 2.06. The summed E-state index contributed by atoms with van der Waals surface area (Å²) in [5, 5.41) is 3.38. The molecule has 0 spiro atoms. The zero-order chi connectivity index (χ0) is 10.4. The molecule has 1 aromatic rings. The molecule has 0 aliphatic carbocycles. The first-order valence-electron chi connectivity index (χ1n) is 4.41. The number of rotatable bonds is 3. The van der Waals surface area contributed by atoms with Crippen molar-refractivity contribution in [1.29, 1.82) is 0 Å². The van der Waals surface area contributed by atoms with Gasteiger partial charge in [-0.15, -0.1) is 0 Å². The largest absolute Gasteiger partial charge is 0.378 e. The fourth-order valence-corrected chi connectivity index (χ4v) is 1.09. The molecule has 0 radical (unpaired) electrons. The van der Waals surface area contributed by atoms with Crippen LogP contribution in [-0.2, 0) is 0 Å². The Hall–Kier alpha value is -1.77. The van der Waals surface area contributed by atoms with Gasteiger partial charge < -0.3 is 10.7 Å². The number of hydrogen-bond acceptors (Lipinski definition) is 3. The summed E-state index contributed by atoms with van der Waals surface area (Å²) in [6.07, 6.45) is 5.32. The van der Waals surface area contributed by atoms with Gasteiger partial charge in [-0.3, -0.25) is 0 Å². The molecular weight excluding hydrogens is 174 g/mol. The van der Waals surface area contributed by atoms with E-state index in [1.807, 2.05) is 26.2 Å². The fraction of sp³-hybridized carbons (Fsp3) is 0.182. The summed E-state index contributed by atoms with van der Waals surface area (Å²) in [5.74, 6) is 4.97. The lowest BCUT2D eigenvalue weighted by Gasteiger charge is -2.11. The molecule has 0 fully saturated rings. The average Bonchev–Trinajstić information content (AvgIpc) is 2.19. The Bertz CT molecular complexity index is 323. The van der Waals surface area contributed by atoms with Gasteiger partial charge in [0.1, 0.15) is 0 Å². The maximum Gasteiger partial charge on any atom is 0.0465 e. The second-order valence-corrected chi connectivity index (χ2v) is 3.14. The Kier molecular flexibility index (Phi) is 3.73. The maximum absolute atomic E-state index is 4.97. The van der Waals surface area contributed by atoms with Gasteiger partial charge in [0.25, 0.3) is 0 Å². The van der Waals surface area contributed by atoms with Gasteiger partial charge in [-0.1, -0.05) is 18.2 Å². The van der Waals surface area contributed by atoms with Gasteiger partial charge in [0.05, 0.1) is 0 Å². The maximum atomic E-state index is 4.97. The number of nitrogens with zero attached hydrogens (tertiary/aromatic N) is 2. The van der Waals surface area contributed by atoms with Crippen LogP contribution in [0.3, 0.4) is 0 Å². The lowest BCUT2D eigenvalue weighted by atomic mass is 10.2. The molecule has 0 saturated heterocycles. The van der Waals surface area contributed by atoms with Crippen LogP contribution in [-0.4, -0.2) is 20.3 Å². The normalized spacial score (nSPS) is 11.3. The Balaban J connectivity index is 2.73. The Morgan fingerprint density at radius 3 is 2.36 bits per heavy atom. The van der Waals surface area contributed by atoms with Crippen molar-refractivity contribution in [3.8, 4) is 0 Å². The van der Waals surface area contributed by atoms with Crippen LogP contribution in [0.1, 0.15) is 5.56 Å². The number of hydrogen-bond donors (Lipinski definition) is 1. The van der Waals surface area contributed by atoms with Gasteiger partial charge in [0.15, 0.2) is 0 Å². The minimum atomic E-state index is 1.13. The van der Waals surface area contributed by atoms with Gasteiger partial charge in [-0.25, -0.2) is 0 Å². The Labute approximate surface area is 84.5 Å². The molecular formula is C11H15N3. The minimum absolute atomic E-state index is 1.13. The van der Waals surface area contributed by atoms with Crippen molar-refractivity contribution < 1.29 is 0 Å². The van der Waals surface area contributed by atoms with E-state index in [4.69, 9.17) is 5.84 Å². The highest BCUT2D eigenvalue weighted by molar-refractivity contribution is 5.78. The summed E-state index contributed by atoms with van der Waals surface area (Å²) in [7, 11) is 4.04. The number of anilines is 1. The highest BCUT2D eigenvalue weighted by Gasteiger charge is 1.92. The lowest BCUT2D eigenvalue weighted by molar-refractivity contribution is 1.13. The first kappa shape index (κ1) is 10.3. The predicted molar refractivity (Wildman–Crippen MR) is 62.5 cm³/mol. The van der Waals surface area contributed by atoms with Crippen LogP contribution in [0.15, 0.2) is 35.4 Å². The van der Waals surface area contributed by atoms with Gasteiger partial charge in [-0.05, 0) is 23.8 Å². The first-order chi connectivity index (χ1) is 6.74. The van der Waals surface area contributed by atoms with Crippen LogP contribution < -0.4 is 10.7 Å². The first-order valence-corrected chi connectivity index (χ1v) is 4.41. The zero-order valence-electron chi connectivity index (χ0n) is 8.51. The number of nitrogens with two attached hydrogens (primary N) is 1. The van der Waals surface area contributed by atoms with Gasteiger partial charge in [0, 0.05) is 26.0 Å². The van der Waals surface area contributed by atoms with Crippen LogP contribution in [0, 0.1) is 0 Å². The third-order valence-electron chi connectivity index (χ3n) is 1.87. The van der Waals surface area contributed by atoms with Gasteiger partial charge >= 0.3 is 0 Å². The van der Waals surface area contributed by atoms with Crippen molar-refractivity contribution in [2.75, 3.05) is 19.0 Å². The summed E-state index contributed by atoms with van der Waals surface area (Å²) in [6.45, 7) is 0. The van der Waals surface area contributed by atoms with Crippen LogP contribution in [0.4, 0.5) is 5.69 Å². The van der Waals surface area contributed by atoms with E-state index in [0.29, 0.717) is 0 Å². The molecule has 0 aromatic heterocycles. The van der Waals surface area contributed by atoms with Crippen molar-refractivity contribution >= 4 is 18.0 Å². The van der Waals surface area contributed by atoms with Gasteiger partial charge in [-0.2, -0.15) is 5.10 Å². The molecule has 0 aliphatic rings. The van der Waals surface area contributed by atoms with E-state index in [2.05, 4.69) is 34.3 Å². The third kappa shape index (κ3) is 2.94. The molecule has 0 unspecified atom stereocenters. The average molecular weight is 189 g/mol. The monoisotopic (exact) mass is 189 g/mol. The van der Waals surface area contributed by atoms with Crippen LogP contribution in [0.5, 0.6) is 0 Å². The predicted octanol–water partition coefficient (Wildman–Crippen LogP) is 1.71. The molecule has 0 amide bonds. The summed E-state index contributed by atoms with van der Waals surface area (Å²) in [6, 6.07) is 8.24. The molecule has 3 nitrogen and oxygen atoms in total. The smallest absolute Gasteiger partial charge is 0.0465 e. The molecule has 2 N–H and O–H groups in total. The van der Waals surface area contributed by atoms with E-state index < -0.39 is 0 Å². The Morgan fingerprint density at radius 1 is 1.21 bits per heavy atom. The lowest BCUT2D eigenvalue weighted by Crippen LogP contribution is -2.07. The number of allylic oxidation sites excluding steroid dienone is 1. The van der Waals surface area contributed by atoms with Crippen LogP contribution in [0.2, 0.25) is 0 Å². The summed E-state index contributed by atoms with van der Waals surface area (Å²) < 4.78 is 0. The highest BCUT2D eigenvalue weighted by atomic mass is 15.1. The molecule has 14 heavy (non-hydrogen) atoms. The van der Waals surface area contributed by atoms with Crippen molar-refractivity contribution in [3.05, 3.63) is 35.9 Å². The van der Waals surface area contributed by atoms with E-state index in [1.54, 1.807) is 6.21 Å². The van der Waals surface area contributed by atoms with E-state index in [1.165, 1.54) is 5.69 Å². The molecule has 0 aliphatic heterocycles. The molecule has 0 atom stereocenters. The van der Waals surface area contributed by atoms with E-state index in [-0.39, 0.29) is 0 Å². The number of hydrazone groups is 1. The fourth-order valence-electron chi connectivity index (χ4n) is 1.09. The second kappa shape index (κ2) is 5.07. The molecule has 0 bridgehead atoms. The molecule has 74 valence electrons. The van der Waals surface area contributed by atoms with E-state index in [0.717, 1.165) is 5.56 Å². The van der Waals surface area contributed by atoms with Crippen molar-refractivity contribution in [3.63, 3.8) is 0 Å². The molecule has 0 saturated carbocycles. The SMILES string of the molecule is CN(C)c1ccc(C=CC=NN)cc1. The quantitative estimate of drug-likeness (QED) is 0.447. The number of benzene rings is 1. The standard InChI is InChI=1S/C11H15N3/c1-14(2)11-7-5-10(6-8-11)4-3-9-13-12/h3-9H,12H2,1-2H3. The topological polar surface area (TPSA) is 41.6 Å². The summed E-state index contributed by atoms with van der Waals surface area (Å²) in [5.41, 5.74) is 2.32.